The summed E-state index contributed by atoms with van der Waals surface area (Å²) in [5, 5.41) is 2.82. The molecule has 1 aliphatic heterocycles. The van der Waals surface area contributed by atoms with Crippen molar-refractivity contribution in [3.05, 3.63) is 59.9 Å². The van der Waals surface area contributed by atoms with E-state index in [1.54, 1.807) is 11.0 Å². The molecule has 1 aliphatic rings. The number of fused-ring (bicyclic) bond motifs is 1. The second kappa shape index (κ2) is 4.72. The molecule has 0 radical (unpaired) electrons. The summed E-state index contributed by atoms with van der Waals surface area (Å²) in [5.41, 5.74) is 2.35. The Kier molecular flexibility index (Phi) is 2.91. The number of amides is 2. The SMILES string of the molecule is O=C1Nc2ccc(F)cc2CCN1c1ccccc1. The summed E-state index contributed by atoms with van der Waals surface area (Å²) < 4.78 is 13.2. The van der Waals surface area contributed by atoms with Crippen LogP contribution in [-0.4, -0.2) is 12.6 Å². The van der Waals surface area contributed by atoms with E-state index in [0.29, 0.717) is 18.7 Å². The molecule has 0 atom stereocenters. The first-order valence-electron chi connectivity index (χ1n) is 6.16. The molecule has 2 aromatic carbocycles. The number of nitrogens with one attached hydrogen (secondary N) is 1. The first-order chi connectivity index (χ1) is 9.24. The minimum atomic E-state index is -0.277. The van der Waals surface area contributed by atoms with Gasteiger partial charge in [0, 0.05) is 17.9 Å². The highest BCUT2D eigenvalue weighted by atomic mass is 19.1. The molecule has 0 unspecified atom stereocenters. The highest BCUT2D eigenvalue weighted by Crippen LogP contribution is 2.24. The third-order valence-electron chi connectivity index (χ3n) is 3.23. The molecule has 2 amide bonds. The fourth-order valence-corrected chi connectivity index (χ4v) is 2.26. The predicted octanol–water partition coefficient (Wildman–Crippen LogP) is 3.42. The topological polar surface area (TPSA) is 32.3 Å². The summed E-state index contributed by atoms with van der Waals surface area (Å²) in [5.74, 6) is -0.277. The molecular weight excluding hydrogens is 243 g/mol. The Morgan fingerprint density at radius 1 is 1.11 bits per heavy atom. The molecule has 0 saturated heterocycles. The molecule has 0 bridgehead atoms. The zero-order chi connectivity index (χ0) is 13.2. The Hall–Kier alpha value is -2.36. The molecule has 0 aromatic heterocycles. The van der Waals surface area contributed by atoms with Crippen molar-refractivity contribution in [2.75, 3.05) is 16.8 Å². The maximum atomic E-state index is 13.2. The quantitative estimate of drug-likeness (QED) is 0.833. The van der Waals surface area contributed by atoms with Gasteiger partial charge in [-0.15, -0.1) is 0 Å². The van der Waals surface area contributed by atoms with Gasteiger partial charge < -0.3 is 5.32 Å². The van der Waals surface area contributed by atoms with Crippen LogP contribution in [0.4, 0.5) is 20.6 Å². The van der Waals surface area contributed by atoms with Gasteiger partial charge in [0.05, 0.1) is 0 Å². The van der Waals surface area contributed by atoms with Crippen molar-refractivity contribution in [2.45, 2.75) is 6.42 Å². The Morgan fingerprint density at radius 2 is 1.89 bits per heavy atom. The highest BCUT2D eigenvalue weighted by Gasteiger charge is 2.21. The van der Waals surface area contributed by atoms with Crippen molar-refractivity contribution < 1.29 is 9.18 Å². The van der Waals surface area contributed by atoms with E-state index in [0.717, 1.165) is 11.3 Å². The molecule has 0 fully saturated rings. The molecule has 19 heavy (non-hydrogen) atoms. The van der Waals surface area contributed by atoms with E-state index < -0.39 is 0 Å². The van der Waals surface area contributed by atoms with Gasteiger partial charge in [0.15, 0.2) is 0 Å². The number of benzene rings is 2. The van der Waals surface area contributed by atoms with Crippen LogP contribution in [0.15, 0.2) is 48.5 Å². The number of halogens is 1. The molecule has 0 aliphatic carbocycles. The number of rotatable bonds is 1. The van der Waals surface area contributed by atoms with Crippen LogP contribution in [0.5, 0.6) is 0 Å². The number of anilines is 2. The average molecular weight is 256 g/mol. The molecule has 0 spiro atoms. The number of carbonyl (C=O) groups excluding carboxylic acids is 1. The Bertz CT molecular complexity index is 613. The summed E-state index contributed by atoms with van der Waals surface area (Å²) in [6, 6.07) is 13.7. The van der Waals surface area contributed by atoms with Gasteiger partial charge in [-0.1, -0.05) is 18.2 Å². The largest absolute Gasteiger partial charge is 0.326 e. The normalized spacial score (nSPS) is 14.6. The monoisotopic (exact) mass is 256 g/mol. The fourth-order valence-electron chi connectivity index (χ4n) is 2.26. The van der Waals surface area contributed by atoms with E-state index in [1.807, 2.05) is 30.3 Å². The molecule has 96 valence electrons. The lowest BCUT2D eigenvalue weighted by molar-refractivity contribution is 0.257. The lowest BCUT2D eigenvalue weighted by Crippen LogP contribution is -2.34. The molecule has 3 rings (SSSR count). The van der Waals surface area contributed by atoms with Crippen molar-refractivity contribution >= 4 is 17.4 Å². The summed E-state index contributed by atoms with van der Waals surface area (Å²) in [7, 11) is 0. The van der Waals surface area contributed by atoms with Crippen molar-refractivity contribution in [1.29, 1.82) is 0 Å². The van der Waals surface area contributed by atoms with Gasteiger partial charge in [-0.3, -0.25) is 4.90 Å². The van der Waals surface area contributed by atoms with Crippen molar-refractivity contribution in [3.63, 3.8) is 0 Å². The van der Waals surface area contributed by atoms with E-state index >= 15 is 0 Å². The number of hydrogen-bond acceptors (Lipinski definition) is 1. The third-order valence-corrected chi connectivity index (χ3v) is 3.23. The third kappa shape index (κ3) is 2.29. The van der Waals surface area contributed by atoms with Crippen LogP contribution < -0.4 is 10.2 Å². The zero-order valence-corrected chi connectivity index (χ0v) is 10.3. The maximum absolute atomic E-state index is 13.2. The van der Waals surface area contributed by atoms with Gasteiger partial charge in [0.1, 0.15) is 5.82 Å². The molecule has 0 saturated carbocycles. The van der Waals surface area contributed by atoms with E-state index in [4.69, 9.17) is 0 Å². The van der Waals surface area contributed by atoms with Crippen LogP contribution >= 0.6 is 0 Å². The van der Waals surface area contributed by atoms with E-state index in [2.05, 4.69) is 5.32 Å². The van der Waals surface area contributed by atoms with Crippen LogP contribution in [0, 0.1) is 5.82 Å². The lowest BCUT2D eigenvalue weighted by Gasteiger charge is -2.20. The molecule has 3 nitrogen and oxygen atoms in total. The Balaban J connectivity index is 1.92. The van der Waals surface area contributed by atoms with Gasteiger partial charge in [-0.2, -0.15) is 0 Å². The molecule has 1 heterocycles. The van der Waals surface area contributed by atoms with Gasteiger partial charge in [-0.25, -0.2) is 9.18 Å². The smallest absolute Gasteiger partial charge is 0.307 e. The summed E-state index contributed by atoms with van der Waals surface area (Å²) in [6.45, 7) is 0.534. The number of urea groups is 1. The van der Waals surface area contributed by atoms with Crippen LogP contribution in [0.1, 0.15) is 5.56 Å². The van der Waals surface area contributed by atoms with Gasteiger partial charge >= 0.3 is 6.03 Å². The number of para-hydroxylation sites is 1. The highest BCUT2D eigenvalue weighted by molar-refractivity contribution is 6.02. The number of carbonyl (C=O) groups is 1. The number of nitrogens with zero attached hydrogens (tertiary/aromatic N) is 1. The minimum absolute atomic E-state index is 0.184. The second-order valence-corrected chi connectivity index (χ2v) is 4.47. The first kappa shape index (κ1) is 11.7. The minimum Gasteiger partial charge on any atom is -0.307 e. The van der Waals surface area contributed by atoms with Crippen LogP contribution in [-0.2, 0) is 6.42 Å². The molecule has 2 aromatic rings. The fraction of sp³-hybridized carbons (Fsp3) is 0.133. The van der Waals surface area contributed by atoms with Crippen LogP contribution in [0.25, 0.3) is 0 Å². The van der Waals surface area contributed by atoms with E-state index in [-0.39, 0.29) is 11.8 Å². The molecule has 4 heteroatoms. The number of hydrogen-bond donors (Lipinski definition) is 1. The molecular formula is C15H13FN2O. The average Bonchev–Trinajstić information content (AvgIpc) is 2.58. The van der Waals surface area contributed by atoms with Gasteiger partial charge in [0.2, 0.25) is 0 Å². The van der Waals surface area contributed by atoms with Crippen molar-refractivity contribution in [1.82, 2.24) is 0 Å². The van der Waals surface area contributed by atoms with Crippen LogP contribution in [0.2, 0.25) is 0 Å². The Labute approximate surface area is 110 Å². The van der Waals surface area contributed by atoms with Crippen molar-refractivity contribution in [3.8, 4) is 0 Å². The van der Waals surface area contributed by atoms with E-state index in [1.165, 1.54) is 12.1 Å². The maximum Gasteiger partial charge on any atom is 0.326 e. The van der Waals surface area contributed by atoms with E-state index in [9.17, 15) is 9.18 Å². The van der Waals surface area contributed by atoms with Crippen molar-refractivity contribution in [2.24, 2.45) is 0 Å². The zero-order valence-electron chi connectivity index (χ0n) is 10.3. The standard InChI is InChI=1S/C15H13FN2O/c16-12-6-7-14-11(10-12)8-9-18(15(19)17-14)13-4-2-1-3-5-13/h1-7,10H,8-9H2,(H,17,19). The van der Waals surface area contributed by atoms with Gasteiger partial charge in [0.25, 0.3) is 0 Å². The lowest BCUT2D eigenvalue weighted by atomic mass is 10.1. The summed E-state index contributed by atoms with van der Waals surface area (Å²) in [4.78, 5) is 13.8. The van der Waals surface area contributed by atoms with Crippen LogP contribution in [0.3, 0.4) is 0 Å². The predicted molar refractivity (Wildman–Crippen MR) is 72.9 cm³/mol. The molecule has 1 N–H and O–H groups in total. The second-order valence-electron chi connectivity index (χ2n) is 4.47. The van der Waals surface area contributed by atoms with Gasteiger partial charge in [-0.05, 0) is 42.3 Å². The first-order valence-corrected chi connectivity index (χ1v) is 6.16. The summed E-state index contributed by atoms with van der Waals surface area (Å²) >= 11 is 0. The summed E-state index contributed by atoms with van der Waals surface area (Å²) in [6.07, 6.45) is 0.626. The Morgan fingerprint density at radius 3 is 2.68 bits per heavy atom.